The summed E-state index contributed by atoms with van der Waals surface area (Å²) in [5.74, 6) is -1.45. The normalized spacial score (nSPS) is 22.9. The molecule has 1 aromatic rings. The van der Waals surface area contributed by atoms with E-state index < -0.39 is 18.8 Å². The molecule has 1 unspecified atom stereocenters. The average Bonchev–Trinajstić information content (AvgIpc) is 2.98. The van der Waals surface area contributed by atoms with E-state index in [1.54, 1.807) is 13.0 Å². The third kappa shape index (κ3) is 5.01. The molecule has 5 N–H and O–H groups in total. The molecule has 29 heavy (non-hydrogen) atoms. The molecule has 1 fully saturated rings. The summed E-state index contributed by atoms with van der Waals surface area (Å²) >= 11 is 0. The number of benzene rings is 1. The van der Waals surface area contributed by atoms with Gasteiger partial charge in [-0.1, -0.05) is 26.2 Å². The highest BCUT2D eigenvalue weighted by Gasteiger charge is 2.35. The van der Waals surface area contributed by atoms with E-state index in [1.165, 1.54) is 6.07 Å². The van der Waals surface area contributed by atoms with Crippen molar-refractivity contribution >= 4 is 18.6 Å². The topological polar surface area (TPSA) is 137 Å². The zero-order valence-corrected chi connectivity index (χ0v) is 16.9. The third-order valence-corrected chi connectivity index (χ3v) is 5.30. The van der Waals surface area contributed by atoms with Gasteiger partial charge in [0.25, 0.3) is 0 Å². The van der Waals surface area contributed by atoms with Crippen LogP contribution in [0.4, 0.5) is 0 Å². The lowest BCUT2D eigenvalue weighted by Crippen LogP contribution is -2.45. The van der Waals surface area contributed by atoms with Gasteiger partial charge in [-0.3, -0.25) is 4.79 Å². The van der Waals surface area contributed by atoms with Crippen LogP contribution in [-0.2, 0) is 11.2 Å². The number of nitrogens with one attached hydrogen (secondary N) is 2. The zero-order valence-electron chi connectivity index (χ0n) is 16.9. The van der Waals surface area contributed by atoms with Gasteiger partial charge in [0, 0.05) is 6.54 Å². The van der Waals surface area contributed by atoms with Crippen LogP contribution in [0.3, 0.4) is 0 Å². The minimum Gasteiger partial charge on any atom is -0.669 e. The van der Waals surface area contributed by atoms with Gasteiger partial charge in [-0.2, -0.15) is 0 Å². The number of aromatic carboxylic acids is 1. The fraction of sp³-hybridized carbons (Fsp3) is 0.579. The third-order valence-electron chi connectivity index (χ3n) is 5.30. The molecule has 160 valence electrons. The van der Waals surface area contributed by atoms with Crippen LogP contribution in [0.15, 0.2) is 12.1 Å². The van der Waals surface area contributed by atoms with Crippen LogP contribution in [0.1, 0.15) is 43.1 Å². The van der Waals surface area contributed by atoms with Crippen molar-refractivity contribution in [1.29, 1.82) is 0 Å². The highest BCUT2D eigenvalue weighted by atomic mass is 16.6. The Hall–Kier alpha value is -2.30. The largest absolute Gasteiger partial charge is 0.669 e. The standard InChI is InChI=1S/C19H28BN2O7/c1-11(9-21-17(23)13-8-19(2,3)10-22-13)28-14-5-4-12-6-7-20(26,27)29-16(12)15(14)18(24)25/h4-5,11,13,22,26-27H,6-10H2,1-3H3,(H,21,23)(H,24,25)/q-1/t11?,13-/m0/s1. The lowest BCUT2D eigenvalue weighted by molar-refractivity contribution is -0.123. The van der Waals surface area contributed by atoms with Gasteiger partial charge in [-0.25, -0.2) is 4.79 Å². The molecule has 9 nitrogen and oxygen atoms in total. The Balaban J connectivity index is 1.67. The molecular formula is C19H28BN2O7-. The molecule has 0 aromatic heterocycles. The van der Waals surface area contributed by atoms with Crippen molar-refractivity contribution in [2.75, 3.05) is 13.1 Å². The number of amides is 1. The number of hydrogen-bond donors (Lipinski definition) is 5. The predicted molar refractivity (Wildman–Crippen MR) is 106 cm³/mol. The van der Waals surface area contributed by atoms with Gasteiger partial charge in [-0.05, 0) is 36.8 Å². The van der Waals surface area contributed by atoms with E-state index in [0.717, 1.165) is 13.0 Å². The van der Waals surface area contributed by atoms with Crippen LogP contribution < -0.4 is 20.0 Å². The summed E-state index contributed by atoms with van der Waals surface area (Å²) in [5, 5.41) is 35.2. The highest BCUT2D eigenvalue weighted by molar-refractivity contribution is 6.59. The van der Waals surface area contributed by atoms with Crippen LogP contribution in [0.2, 0.25) is 6.32 Å². The Labute approximate surface area is 169 Å². The van der Waals surface area contributed by atoms with Gasteiger partial charge >= 0.3 is 12.7 Å². The molecule has 10 heteroatoms. The molecule has 2 aliphatic heterocycles. The van der Waals surface area contributed by atoms with Crippen LogP contribution in [0.5, 0.6) is 11.5 Å². The van der Waals surface area contributed by atoms with Gasteiger partial charge in [0.05, 0.1) is 18.3 Å². The number of carbonyl (C=O) groups excluding carboxylic acids is 1. The number of fused-ring (bicyclic) bond motifs is 1. The van der Waals surface area contributed by atoms with E-state index in [-0.39, 0.29) is 47.3 Å². The van der Waals surface area contributed by atoms with E-state index in [9.17, 15) is 24.7 Å². The summed E-state index contributed by atoms with van der Waals surface area (Å²) in [4.78, 5) is 24.1. The SMILES string of the molecule is CC(CNC(=O)[C@@H]1CC(C)(C)CN1)Oc1ccc2c(c1C(=O)O)O[B-](O)(O)CC2. The lowest BCUT2D eigenvalue weighted by Gasteiger charge is -2.37. The minimum atomic E-state index is -3.10. The first kappa shape index (κ1) is 21.4. The lowest BCUT2D eigenvalue weighted by atomic mass is 9.70. The maximum Gasteiger partial charge on any atom is 0.430 e. The second kappa shape index (κ2) is 7.85. The van der Waals surface area contributed by atoms with Gasteiger partial charge in [0.15, 0.2) is 0 Å². The molecule has 2 aliphatic rings. The molecule has 0 spiro atoms. The Bertz CT molecular complexity index is 812. The predicted octanol–water partition coefficient (Wildman–Crippen LogP) is 0.515. The monoisotopic (exact) mass is 407 g/mol. The van der Waals surface area contributed by atoms with Crippen LogP contribution in [0, 0.1) is 5.41 Å². The van der Waals surface area contributed by atoms with E-state index in [1.807, 2.05) is 0 Å². The summed E-state index contributed by atoms with van der Waals surface area (Å²) < 4.78 is 10.9. The van der Waals surface area contributed by atoms with Gasteiger partial charge in [-0.15, -0.1) is 0 Å². The Morgan fingerprint density at radius 3 is 2.76 bits per heavy atom. The highest BCUT2D eigenvalue weighted by Crippen LogP contribution is 2.38. The van der Waals surface area contributed by atoms with E-state index >= 15 is 0 Å². The summed E-state index contributed by atoms with van der Waals surface area (Å²) in [7, 11) is 0. The van der Waals surface area contributed by atoms with Crippen molar-refractivity contribution in [2.45, 2.75) is 52.1 Å². The minimum absolute atomic E-state index is 0.000699. The van der Waals surface area contributed by atoms with Crippen molar-refractivity contribution in [3.05, 3.63) is 23.3 Å². The number of rotatable bonds is 6. The van der Waals surface area contributed by atoms with Crippen LogP contribution in [-0.4, -0.2) is 59.0 Å². The number of ether oxygens (including phenoxy) is 1. The number of carboxylic acid groups (broad SMARTS) is 1. The number of carboxylic acids is 1. The van der Waals surface area contributed by atoms with Crippen molar-refractivity contribution in [2.24, 2.45) is 5.41 Å². The molecule has 0 saturated carbocycles. The molecule has 0 bridgehead atoms. The summed E-state index contributed by atoms with van der Waals surface area (Å²) in [6.45, 7) is 3.78. The Kier molecular flexibility index (Phi) is 5.80. The molecule has 1 aromatic carbocycles. The molecule has 1 amide bonds. The molecule has 0 aliphatic carbocycles. The summed E-state index contributed by atoms with van der Waals surface area (Å²) in [6, 6.07) is 2.92. The van der Waals surface area contributed by atoms with Crippen LogP contribution >= 0.6 is 0 Å². The maximum atomic E-state index is 12.3. The van der Waals surface area contributed by atoms with Crippen molar-refractivity contribution in [3.8, 4) is 11.5 Å². The number of aryl methyl sites for hydroxylation is 1. The van der Waals surface area contributed by atoms with Crippen molar-refractivity contribution in [1.82, 2.24) is 10.6 Å². The average molecular weight is 407 g/mol. The fourth-order valence-electron chi connectivity index (χ4n) is 3.74. The number of carbonyl (C=O) groups is 2. The first-order valence-corrected chi connectivity index (χ1v) is 9.84. The second-order valence-corrected chi connectivity index (χ2v) is 8.72. The molecule has 1 saturated heterocycles. The quantitative estimate of drug-likeness (QED) is 0.431. The first-order chi connectivity index (χ1) is 13.5. The first-order valence-electron chi connectivity index (χ1n) is 9.84. The van der Waals surface area contributed by atoms with Crippen LogP contribution in [0.25, 0.3) is 0 Å². The second-order valence-electron chi connectivity index (χ2n) is 8.72. The summed E-state index contributed by atoms with van der Waals surface area (Å²) in [5.41, 5.74) is 0.389. The van der Waals surface area contributed by atoms with Crippen molar-refractivity contribution < 1.29 is 34.1 Å². The maximum absolute atomic E-state index is 12.3. The van der Waals surface area contributed by atoms with Gasteiger partial charge in [0.2, 0.25) is 5.91 Å². The van der Waals surface area contributed by atoms with E-state index in [4.69, 9.17) is 9.39 Å². The van der Waals surface area contributed by atoms with E-state index in [0.29, 0.717) is 12.0 Å². The number of hydrogen-bond acceptors (Lipinski definition) is 7. The Morgan fingerprint density at radius 2 is 2.14 bits per heavy atom. The van der Waals surface area contributed by atoms with Crippen molar-refractivity contribution in [3.63, 3.8) is 0 Å². The molecule has 2 atom stereocenters. The molecule has 0 radical (unpaired) electrons. The summed E-state index contributed by atoms with van der Waals surface area (Å²) in [6.07, 6.45) is 0.525. The van der Waals surface area contributed by atoms with E-state index in [2.05, 4.69) is 24.5 Å². The smallest absolute Gasteiger partial charge is 0.430 e. The Morgan fingerprint density at radius 1 is 1.41 bits per heavy atom. The van der Waals surface area contributed by atoms with Gasteiger partial charge in [0.1, 0.15) is 17.4 Å². The molecule has 3 rings (SSSR count). The van der Waals surface area contributed by atoms with Gasteiger partial charge < -0.3 is 35.2 Å². The molecular weight excluding hydrogens is 379 g/mol. The zero-order chi connectivity index (χ0) is 21.4. The fourth-order valence-corrected chi connectivity index (χ4v) is 3.74. The molecule has 2 heterocycles.